The lowest BCUT2D eigenvalue weighted by Crippen LogP contribution is -2.01. The third kappa shape index (κ3) is 1.22. The molecular formula is C9H7NO3S. The van der Waals surface area contributed by atoms with Crippen LogP contribution in [0.1, 0.15) is 10.4 Å². The third-order valence-electron chi connectivity index (χ3n) is 1.86. The van der Waals surface area contributed by atoms with Gasteiger partial charge >= 0.3 is 5.97 Å². The fourth-order valence-electron chi connectivity index (χ4n) is 1.24. The Morgan fingerprint density at radius 2 is 2.43 bits per heavy atom. The molecule has 0 saturated carbocycles. The van der Waals surface area contributed by atoms with Gasteiger partial charge in [0.15, 0.2) is 5.75 Å². The van der Waals surface area contributed by atoms with Gasteiger partial charge in [-0.2, -0.15) is 0 Å². The summed E-state index contributed by atoms with van der Waals surface area (Å²) in [4.78, 5) is 14.9. The Labute approximate surface area is 83.8 Å². The van der Waals surface area contributed by atoms with Crippen molar-refractivity contribution in [3.05, 3.63) is 23.2 Å². The number of pyridine rings is 1. The van der Waals surface area contributed by atoms with Crippen molar-refractivity contribution in [2.75, 3.05) is 7.11 Å². The van der Waals surface area contributed by atoms with Crippen molar-refractivity contribution in [3.8, 4) is 5.75 Å². The molecule has 2 aromatic heterocycles. The van der Waals surface area contributed by atoms with Crippen LogP contribution in [-0.4, -0.2) is 23.2 Å². The number of thiophene rings is 1. The second-order valence-corrected chi connectivity index (χ2v) is 3.56. The van der Waals surface area contributed by atoms with E-state index in [1.54, 1.807) is 0 Å². The van der Waals surface area contributed by atoms with E-state index in [-0.39, 0.29) is 5.56 Å². The number of methoxy groups -OCH3 is 1. The Balaban J connectivity index is 2.78. The monoisotopic (exact) mass is 209 g/mol. The summed E-state index contributed by atoms with van der Waals surface area (Å²) in [7, 11) is 1.46. The molecule has 2 rings (SSSR count). The van der Waals surface area contributed by atoms with E-state index >= 15 is 0 Å². The number of fused-ring (bicyclic) bond motifs is 1. The van der Waals surface area contributed by atoms with Gasteiger partial charge in [-0.25, -0.2) is 4.79 Å². The molecule has 0 spiro atoms. The molecule has 0 bridgehead atoms. The predicted molar refractivity (Wildman–Crippen MR) is 53.1 cm³/mol. The molecule has 0 saturated heterocycles. The largest absolute Gasteiger partial charge is 0.494 e. The maximum Gasteiger partial charge on any atom is 0.341 e. The number of hydrogen-bond acceptors (Lipinski definition) is 4. The van der Waals surface area contributed by atoms with E-state index in [1.165, 1.54) is 24.6 Å². The molecule has 0 unspecified atom stereocenters. The van der Waals surface area contributed by atoms with Crippen molar-refractivity contribution in [1.82, 2.24) is 4.98 Å². The zero-order chi connectivity index (χ0) is 10.1. The van der Waals surface area contributed by atoms with Crippen LogP contribution < -0.4 is 4.74 Å². The molecule has 2 heterocycles. The number of nitrogens with zero attached hydrogens (tertiary/aromatic N) is 1. The quantitative estimate of drug-likeness (QED) is 0.821. The molecule has 0 aliphatic heterocycles. The summed E-state index contributed by atoms with van der Waals surface area (Å²) in [6.45, 7) is 0. The third-order valence-corrected chi connectivity index (χ3v) is 2.76. The number of aromatic nitrogens is 1. The van der Waals surface area contributed by atoms with Gasteiger partial charge in [-0.15, -0.1) is 11.3 Å². The number of carboxylic acids is 1. The van der Waals surface area contributed by atoms with E-state index in [0.717, 1.165) is 10.2 Å². The lowest BCUT2D eigenvalue weighted by Gasteiger charge is -2.04. The Morgan fingerprint density at radius 3 is 3.07 bits per heavy atom. The second-order valence-electron chi connectivity index (χ2n) is 2.65. The molecule has 2 aromatic rings. The molecule has 1 N–H and O–H groups in total. The minimum atomic E-state index is -1.02. The summed E-state index contributed by atoms with van der Waals surface area (Å²) in [5, 5.41) is 10.7. The molecule has 5 heteroatoms. The number of carboxylic acid groups (broad SMARTS) is 1. The van der Waals surface area contributed by atoms with Crippen LogP contribution in [-0.2, 0) is 0 Å². The van der Waals surface area contributed by atoms with Crippen molar-refractivity contribution in [3.63, 3.8) is 0 Å². The van der Waals surface area contributed by atoms with E-state index in [2.05, 4.69) is 4.98 Å². The van der Waals surface area contributed by atoms with Crippen molar-refractivity contribution >= 4 is 27.5 Å². The molecule has 0 amide bonds. The average molecular weight is 209 g/mol. The van der Waals surface area contributed by atoms with Crippen molar-refractivity contribution in [2.45, 2.75) is 0 Å². The second kappa shape index (κ2) is 3.26. The summed E-state index contributed by atoms with van der Waals surface area (Å²) in [6.07, 6.45) is 1.32. The summed E-state index contributed by atoms with van der Waals surface area (Å²) >= 11 is 1.42. The Hall–Kier alpha value is -1.62. The van der Waals surface area contributed by atoms with Gasteiger partial charge in [0.1, 0.15) is 5.56 Å². The molecule has 0 radical (unpaired) electrons. The normalized spacial score (nSPS) is 10.4. The van der Waals surface area contributed by atoms with Crippen molar-refractivity contribution < 1.29 is 14.6 Å². The minimum Gasteiger partial charge on any atom is -0.494 e. The molecule has 0 aliphatic carbocycles. The SMILES string of the molecule is COc1c(C(=O)O)cnc2ccsc12. The molecule has 14 heavy (non-hydrogen) atoms. The molecular weight excluding hydrogens is 202 g/mol. The maximum absolute atomic E-state index is 10.8. The summed E-state index contributed by atoms with van der Waals surface area (Å²) in [6, 6.07) is 1.83. The van der Waals surface area contributed by atoms with Crippen molar-refractivity contribution in [2.24, 2.45) is 0 Å². The van der Waals surface area contributed by atoms with Crippen LogP contribution >= 0.6 is 11.3 Å². The lowest BCUT2D eigenvalue weighted by atomic mass is 10.2. The predicted octanol–water partition coefficient (Wildman–Crippen LogP) is 2.00. The number of aromatic carboxylic acids is 1. The number of carbonyl (C=O) groups is 1. The minimum absolute atomic E-state index is 0.0995. The Bertz CT molecular complexity index is 492. The maximum atomic E-state index is 10.8. The highest BCUT2D eigenvalue weighted by Gasteiger charge is 2.15. The van der Waals surface area contributed by atoms with E-state index < -0.39 is 5.97 Å². The van der Waals surface area contributed by atoms with E-state index in [9.17, 15) is 4.79 Å². The Morgan fingerprint density at radius 1 is 1.64 bits per heavy atom. The zero-order valence-corrected chi connectivity index (χ0v) is 8.17. The van der Waals surface area contributed by atoms with Crippen LogP contribution in [0.15, 0.2) is 17.6 Å². The lowest BCUT2D eigenvalue weighted by molar-refractivity contribution is 0.0693. The van der Waals surface area contributed by atoms with E-state index in [1.807, 2.05) is 11.4 Å². The van der Waals surface area contributed by atoms with Crippen LogP contribution in [0.5, 0.6) is 5.75 Å². The zero-order valence-electron chi connectivity index (χ0n) is 7.35. The standard InChI is InChI=1S/C9H7NO3S/c1-13-7-5(9(11)12)4-10-6-2-3-14-8(6)7/h2-4H,1H3,(H,11,12). The number of ether oxygens (including phenoxy) is 1. The average Bonchev–Trinajstić information content (AvgIpc) is 2.63. The molecule has 0 fully saturated rings. The van der Waals surface area contributed by atoms with Crippen molar-refractivity contribution in [1.29, 1.82) is 0 Å². The summed E-state index contributed by atoms with van der Waals surface area (Å²) in [5.41, 5.74) is 0.860. The fraction of sp³-hybridized carbons (Fsp3) is 0.111. The highest BCUT2D eigenvalue weighted by molar-refractivity contribution is 7.17. The molecule has 4 nitrogen and oxygen atoms in total. The first kappa shape index (κ1) is 8.96. The van der Waals surface area contributed by atoms with Crippen LogP contribution in [0.3, 0.4) is 0 Å². The van der Waals surface area contributed by atoms with Gasteiger partial charge in [0.05, 0.1) is 17.3 Å². The van der Waals surface area contributed by atoms with Gasteiger partial charge in [0.25, 0.3) is 0 Å². The van der Waals surface area contributed by atoms with Crippen LogP contribution in [0, 0.1) is 0 Å². The number of hydrogen-bond donors (Lipinski definition) is 1. The van der Waals surface area contributed by atoms with Gasteiger partial charge in [0.2, 0.25) is 0 Å². The van der Waals surface area contributed by atoms with Gasteiger partial charge in [-0.3, -0.25) is 4.98 Å². The molecule has 0 atom stereocenters. The molecule has 0 aliphatic rings. The first-order valence-corrected chi connectivity index (χ1v) is 4.75. The Kier molecular flexibility index (Phi) is 2.09. The molecule has 72 valence electrons. The summed E-state index contributed by atoms with van der Waals surface area (Å²) in [5.74, 6) is -0.637. The van der Waals surface area contributed by atoms with Crippen LogP contribution in [0.25, 0.3) is 10.2 Å². The van der Waals surface area contributed by atoms with E-state index in [0.29, 0.717) is 5.75 Å². The molecule has 0 aromatic carbocycles. The number of rotatable bonds is 2. The van der Waals surface area contributed by atoms with E-state index in [4.69, 9.17) is 9.84 Å². The smallest absolute Gasteiger partial charge is 0.341 e. The van der Waals surface area contributed by atoms with Gasteiger partial charge in [-0.1, -0.05) is 0 Å². The topological polar surface area (TPSA) is 59.4 Å². The first-order valence-electron chi connectivity index (χ1n) is 3.87. The first-order chi connectivity index (χ1) is 6.74. The van der Waals surface area contributed by atoms with Gasteiger partial charge in [-0.05, 0) is 11.4 Å². The van der Waals surface area contributed by atoms with Crippen LogP contribution in [0.2, 0.25) is 0 Å². The van der Waals surface area contributed by atoms with Crippen LogP contribution in [0.4, 0.5) is 0 Å². The fourth-order valence-corrected chi connectivity index (χ4v) is 2.12. The highest BCUT2D eigenvalue weighted by atomic mass is 32.1. The summed E-state index contributed by atoms with van der Waals surface area (Å²) < 4.78 is 5.84. The highest BCUT2D eigenvalue weighted by Crippen LogP contribution is 2.32. The van der Waals surface area contributed by atoms with Gasteiger partial charge in [0, 0.05) is 6.20 Å². The van der Waals surface area contributed by atoms with Gasteiger partial charge < -0.3 is 9.84 Å².